The van der Waals surface area contributed by atoms with Gasteiger partial charge in [0.2, 0.25) is 5.91 Å². The summed E-state index contributed by atoms with van der Waals surface area (Å²) >= 11 is 1.58. The molecular weight excluding hydrogens is 298 g/mol. The summed E-state index contributed by atoms with van der Waals surface area (Å²) in [6.45, 7) is 2.29. The molecule has 22 heavy (non-hydrogen) atoms. The largest absolute Gasteiger partial charge is 0.456 e. The predicted octanol–water partition coefficient (Wildman–Crippen LogP) is 3.76. The molecule has 3 rings (SSSR count). The molecule has 5 heteroatoms. The van der Waals surface area contributed by atoms with E-state index in [1.54, 1.807) is 35.6 Å². The Bertz CT molecular complexity index is 686. The van der Waals surface area contributed by atoms with Crippen molar-refractivity contribution in [1.82, 2.24) is 0 Å². The molecule has 1 N–H and O–H groups in total. The maximum absolute atomic E-state index is 12.0. The van der Waals surface area contributed by atoms with Gasteiger partial charge in [-0.25, -0.2) is 4.79 Å². The monoisotopic (exact) mass is 315 g/mol. The van der Waals surface area contributed by atoms with E-state index in [4.69, 9.17) is 4.74 Å². The van der Waals surface area contributed by atoms with Crippen LogP contribution in [0.4, 0.5) is 5.69 Å². The molecule has 1 aliphatic rings. The molecule has 1 saturated carbocycles. The summed E-state index contributed by atoms with van der Waals surface area (Å²) in [7, 11) is 0. The van der Waals surface area contributed by atoms with Gasteiger partial charge >= 0.3 is 5.97 Å². The fraction of sp³-hybridized carbons (Fsp3) is 0.294. The van der Waals surface area contributed by atoms with Gasteiger partial charge in [0, 0.05) is 16.5 Å². The number of thiophene rings is 1. The number of anilines is 1. The molecule has 0 radical (unpaired) electrons. The van der Waals surface area contributed by atoms with Crippen LogP contribution in [0, 0.1) is 12.8 Å². The third-order valence-corrected chi connectivity index (χ3v) is 4.64. The molecule has 1 heterocycles. The third kappa shape index (κ3) is 3.54. The van der Waals surface area contributed by atoms with Crippen LogP contribution in [0.1, 0.15) is 33.6 Å². The maximum Gasteiger partial charge on any atom is 0.338 e. The van der Waals surface area contributed by atoms with Gasteiger partial charge in [-0.15, -0.1) is 11.3 Å². The minimum atomic E-state index is -0.354. The summed E-state index contributed by atoms with van der Waals surface area (Å²) < 4.78 is 5.31. The van der Waals surface area contributed by atoms with Crippen molar-refractivity contribution in [3.8, 4) is 0 Å². The molecule has 0 atom stereocenters. The number of carbonyl (C=O) groups excluding carboxylic acids is 2. The minimum Gasteiger partial charge on any atom is -0.456 e. The van der Waals surface area contributed by atoms with Crippen LogP contribution in [0.2, 0.25) is 0 Å². The van der Waals surface area contributed by atoms with E-state index in [1.165, 1.54) is 0 Å². The second-order valence-corrected chi connectivity index (χ2v) is 6.44. The van der Waals surface area contributed by atoms with Crippen LogP contribution in [-0.4, -0.2) is 11.9 Å². The Balaban J connectivity index is 1.56. The summed E-state index contributed by atoms with van der Waals surface area (Å²) in [6.07, 6.45) is 1.94. The highest BCUT2D eigenvalue weighted by Crippen LogP contribution is 2.30. The van der Waals surface area contributed by atoms with E-state index in [0.717, 1.165) is 23.3 Å². The first-order valence-electron chi connectivity index (χ1n) is 7.24. The number of amides is 1. The molecule has 1 fully saturated rings. The molecule has 4 nitrogen and oxygen atoms in total. The molecule has 0 bridgehead atoms. The van der Waals surface area contributed by atoms with Crippen LogP contribution in [0.5, 0.6) is 0 Å². The van der Waals surface area contributed by atoms with Crippen LogP contribution in [0.3, 0.4) is 0 Å². The Morgan fingerprint density at radius 1 is 1.23 bits per heavy atom. The Morgan fingerprint density at radius 2 is 1.95 bits per heavy atom. The number of hydrogen-bond donors (Lipinski definition) is 1. The highest BCUT2D eigenvalue weighted by Gasteiger charge is 2.29. The van der Waals surface area contributed by atoms with Gasteiger partial charge < -0.3 is 10.1 Å². The first-order chi connectivity index (χ1) is 10.6. The topological polar surface area (TPSA) is 55.4 Å². The summed E-state index contributed by atoms with van der Waals surface area (Å²) in [4.78, 5) is 24.7. The van der Waals surface area contributed by atoms with Crippen LogP contribution in [-0.2, 0) is 16.1 Å². The highest BCUT2D eigenvalue weighted by atomic mass is 32.1. The van der Waals surface area contributed by atoms with Crippen molar-refractivity contribution in [3.63, 3.8) is 0 Å². The third-order valence-electron chi connectivity index (χ3n) is 3.64. The second-order valence-electron chi connectivity index (χ2n) is 5.44. The molecule has 0 spiro atoms. The number of rotatable bonds is 5. The van der Waals surface area contributed by atoms with Crippen molar-refractivity contribution >= 4 is 28.9 Å². The smallest absolute Gasteiger partial charge is 0.338 e. The summed E-state index contributed by atoms with van der Waals surface area (Å²) in [5.74, 6) is -0.130. The number of benzene rings is 1. The molecule has 114 valence electrons. The van der Waals surface area contributed by atoms with Gasteiger partial charge in [-0.2, -0.15) is 0 Å². The van der Waals surface area contributed by atoms with Gasteiger partial charge in [-0.3, -0.25) is 4.79 Å². The van der Waals surface area contributed by atoms with E-state index >= 15 is 0 Å². The zero-order valence-corrected chi connectivity index (χ0v) is 13.1. The van der Waals surface area contributed by atoms with Gasteiger partial charge in [-0.05, 0) is 61.0 Å². The Labute approximate surface area is 133 Å². The van der Waals surface area contributed by atoms with E-state index in [-0.39, 0.29) is 17.8 Å². The quantitative estimate of drug-likeness (QED) is 0.855. The average molecular weight is 315 g/mol. The lowest BCUT2D eigenvalue weighted by molar-refractivity contribution is -0.117. The maximum atomic E-state index is 12.0. The Hall–Kier alpha value is -2.14. The summed E-state index contributed by atoms with van der Waals surface area (Å²) in [6, 6.07) is 8.81. The van der Waals surface area contributed by atoms with Crippen LogP contribution in [0.25, 0.3) is 0 Å². The lowest BCUT2D eigenvalue weighted by Gasteiger charge is -2.07. The fourth-order valence-electron chi connectivity index (χ4n) is 2.05. The lowest BCUT2D eigenvalue weighted by atomic mass is 10.2. The summed E-state index contributed by atoms with van der Waals surface area (Å²) in [5, 5.41) is 4.82. The Morgan fingerprint density at radius 3 is 2.55 bits per heavy atom. The SMILES string of the molecule is Cc1ccsc1COC(=O)c1ccc(NC(=O)C2CC2)cc1. The molecule has 1 aromatic carbocycles. The molecule has 0 unspecified atom stereocenters. The van der Waals surface area contributed by atoms with Crippen LogP contribution < -0.4 is 5.32 Å². The van der Waals surface area contributed by atoms with E-state index in [0.29, 0.717) is 17.9 Å². The molecule has 1 aromatic heterocycles. The van der Waals surface area contributed by atoms with E-state index in [2.05, 4.69) is 5.32 Å². The number of aryl methyl sites for hydroxylation is 1. The first-order valence-corrected chi connectivity index (χ1v) is 8.12. The summed E-state index contributed by atoms with van der Waals surface area (Å²) in [5.41, 5.74) is 2.33. The number of hydrogen-bond acceptors (Lipinski definition) is 4. The van der Waals surface area contributed by atoms with Crippen LogP contribution >= 0.6 is 11.3 Å². The van der Waals surface area contributed by atoms with Crippen molar-refractivity contribution in [2.24, 2.45) is 5.92 Å². The second kappa shape index (κ2) is 6.32. The van der Waals surface area contributed by atoms with Crippen molar-refractivity contribution in [3.05, 3.63) is 51.7 Å². The molecule has 1 amide bonds. The molecule has 1 aliphatic carbocycles. The van der Waals surface area contributed by atoms with Crippen molar-refractivity contribution in [2.45, 2.75) is 26.4 Å². The number of nitrogens with one attached hydrogen (secondary N) is 1. The normalized spacial score (nSPS) is 13.7. The van der Waals surface area contributed by atoms with E-state index in [9.17, 15) is 9.59 Å². The molecular formula is C17H17NO3S. The minimum absolute atomic E-state index is 0.0588. The standard InChI is InChI=1S/C17H17NO3S/c1-11-8-9-22-15(11)10-21-17(20)13-4-6-14(7-5-13)18-16(19)12-2-3-12/h4-9,12H,2-3,10H2,1H3,(H,18,19). The first kappa shape index (κ1) is 14.8. The van der Waals surface area contributed by atoms with Gasteiger partial charge in [0.25, 0.3) is 0 Å². The average Bonchev–Trinajstić information content (AvgIpc) is 3.29. The van der Waals surface area contributed by atoms with Gasteiger partial charge in [0.15, 0.2) is 0 Å². The fourth-order valence-corrected chi connectivity index (χ4v) is 2.86. The number of carbonyl (C=O) groups is 2. The molecule has 0 saturated heterocycles. The van der Waals surface area contributed by atoms with Crippen molar-refractivity contribution in [2.75, 3.05) is 5.32 Å². The van der Waals surface area contributed by atoms with Gasteiger partial charge in [0.05, 0.1) is 5.56 Å². The molecule has 0 aliphatic heterocycles. The number of ether oxygens (including phenoxy) is 1. The zero-order chi connectivity index (χ0) is 15.5. The highest BCUT2D eigenvalue weighted by molar-refractivity contribution is 7.10. The molecule has 2 aromatic rings. The van der Waals surface area contributed by atoms with E-state index < -0.39 is 0 Å². The van der Waals surface area contributed by atoms with Gasteiger partial charge in [-0.1, -0.05) is 0 Å². The lowest BCUT2D eigenvalue weighted by Crippen LogP contribution is -2.13. The van der Waals surface area contributed by atoms with Gasteiger partial charge in [0.1, 0.15) is 6.61 Å². The van der Waals surface area contributed by atoms with E-state index in [1.807, 2.05) is 18.4 Å². The Kier molecular flexibility index (Phi) is 4.24. The van der Waals surface area contributed by atoms with Crippen LogP contribution in [0.15, 0.2) is 35.7 Å². The van der Waals surface area contributed by atoms with Crippen molar-refractivity contribution in [1.29, 1.82) is 0 Å². The number of esters is 1. The predicted molar refractivity (Wildman–Crippen MR) is 86.0 cm³/mol. The van der Waals surface area contributed by atoms with Crippen molar-refractivity contribution < 1.29 is 14.3 Å². The zero-order valence-electron chi connectivity index (χ0n) is 12.3.